The fourth-order valence-electron chi connectivity index (χ4n) is 2.94. The zero-order chi connectivity index (χ0) is 17.2. The van der Waals surface area contributed by atoms with Crippen molar-refractivity contribution in [1.82, 2.24) is 14.9 Å². The number of carbonyl (C=O) groups is 1. The Bertz CT molecular complexity index is 670. The maximum atomic E-state index is 12.2. The zero-order valence-corrected chi connectivity index (χ0v) is 15.7. The highest BCUT2D eigenvalue weighted by Crippen LogP contribution is 2.26. The molecule has 0 radical (unpaired) electrons. The van der Waals surface area contributed by atoms with E-state index in [9.17, 15) is 13.2 Å². The SMILES string of the molecule is Cc1cc(C(C)NC(=O)NC2CCCN(S(C)(=O)=O)C2)c(C)s1. The van der Waals surface area contributed by atoms with Gasteiger partial charge in [-0.2, -0.15) is 0 Å². The number of piperidine rings is 1. The fourth-order valence-corrected chi connectivity index (χ4v) is 4.88. The second-order valence-corrected chi connectivity index (χ2v) is 9.61. The van der Waals surface area contributed by atoms with Crippen molar-refractivity contribution in [1.29, 1.82) is 0 Å². The van der Waals surface area contributed by atoms with Crippen LogP contribution >= 0.6 is 11.3 Å². The quantitative estimate of drug-likeness (QED) is 0.864. The van der Waals surface area contributed by atoms with E-state index in [2.05, 4.69) is 23.6 Å². The Hall–Kier alpha value is -1.12. The summed E-state index contributed by atoms with van der Waals surface area (Å²) in [5.41, 5.74) is 1.13. The van der Waals surface area contributed by atoms with Gasteiger partial charge >= 0.3 is 6.03 Å². The summed E-state index contributed by atoms with van der Waals surface area (Å²) in [4.78, 5) is 14.6. The third kappa shape index (κ3) is 4.92. The van der Waals surface area contributed by atoms with Crippen molar-refractivity contribution in [2.45, 2.75) is 45.7 Å². The molecule has 130 valence electrons. The third-order valence-electron chi connectivity index (χ3n) is 4.08. The van der Waals surface area contributed by atoms with Gasteiger partial charge in [0.1, 0.15) is 0 Å². The summed E-state index contributed by atoms with van der Waals surface area (Å²) >= 11 is 1.72. The topological polar surface area (TPSA) is 78.5 Å². The molecule has 1 aliphatic rings. The number of sulfonamides is 1. The Balaban J connectivity index is 1.90. The van der Waals surface area contributed by atoms with Crippen molar-refractivity contribution >= 4 is 27.4 Å². The minimum Gasteiger partial charge on any atom is -0.334 e. The van der Waals surface area contributed by atoms with Crippen LogP contribution in [0.2, 0.25) is 0 Å². The van der Waals surface area contributed by atoms with Crippen molar-refractivity contribution in [2.24, 2.45) is 0 Å². The van der Waals surface area contributed by atoms with Crippen LogP contribution in [0, 0.1) is 13.8 Å². The molecule has 2 amide bonds. The van der Waals surface area contributed by atoms with Gasteiger partial charge in [0.15, 0.2) is 0 Å². The molecule has 2 unspecified atom stereocenters. The summed E-state index contributed by atoms with van der Waals surface area (Å²) in [6, 6.07) is 1.63. The van der Waals surface area contributed by atoms with Gasteiger partial charge in [-0.25, -0.2) is 17.5 Å². The number of amides is 2. The molecule has 0 aliphatic carbocycles. The maximum Gasteiger partial charge on any atom is 0.315 e. The van der Waals surface area contributed by atoms with Crippen molar-refractivity contribution in [3.8, 4) is 0 Å². The summed E-state index contributed by atoms with van der Waals surface area (Å²) < 4.78 is 24.7. The predicted octanol–water partition coefficient (Wildman–Crippen LogP) is 2.15. The minimum absolute atomic E-state index is 0.0745. The summed E-state index contributed by atoms with van der Waals surface area (Å²) in [5, 5.41) is 5.83. The molecule has 1 fully saturated rings. The van der Waals surface area contributed by atoms with Crippen LogP contribution in [0.25, 0.3) is 0 Å². The Morgan fingerprint density at radius 3 is 2.70 bits per heavy atom. The van der Waals surface area contributed by atoms with E-state index in [0.717, 1.165) is 18.4 Å². The Morgan fingerprint density at radius 2 is 2.13 bits per heavy atom. The number of thiophene rings is 1. The molecule has 1 aromatic rings. The molecule has 2 rings (SSSR count). The van der Waals surface area contributed by atoms with E-state index in [0.29, 0.717) is 13.1 Å². The van der Waals surface area contributed by atoms with Gasteiger partial charge in [0.05, 0.1) is 12.3 Å². The molecule has 0 bridgehead atoms. The van der Waals surface area contributed by atoms with E-state index in [1.54, 1.807) is 11.3 Å². The number of hydrogen-bond acceptors (Lipinski definition) is 4. The van der Waals surface area contributed by atoms with Gasteiger partial charge in [-0.1, -0.05) is 0 Å². The zero-order valence-electron chi connectivity index (χ0n) is 14.0. The van der Waals surface area contributed by atoms with Crippen LogP contribution in [0.1, 0.15) is 41.1 Å². The van der Waals surface area contributed by atoms with Crippen molar-refractivity contribution < 1.29 is 13.2 Å². The smallest absolute Gasteiger partial charge is 0.315 e. The molecule has 0 saturated carbocycles. The van der Waals surface area contributed by atoms with Gasteiger partial charge in [-0.15, -0.1) is 11.3 Å². The number of rotatable bonds is 4. The van der Waals surface area contributed by atoms with Gasteiger partial charge in [0, 0.05) is 28.9 Å². The first-order chi connectivity index (χ1) is 10.7. The second kappa shape index (κ2) is 7.19. The molecular formula is C15H25N3O3S2. The Labute approximate surface area is 142 Å². The average Bonchev–Trinajstić information content (AvgIpc) is 2.77. The third-order valence-corrected chi connectivity index (χ3v) is 6.33. The molecule has 2 heterocycles. The normalized spacial score (nSPS) is 21.0. The van der Waals surface area contributed by atoms with Crippen LogP contribution in [-0.4, -0.2) is 44.1 Å². The van der Waals surface area contributed by atoms with E-state index in [-0.39, 0.29) is 18.1 Å². The lowest BCUT2D eigenvalue weighted by Gasteiger charge is -2.31. The van der Waals surface area contributed by atoms with Crippen molar-refractivity contribution in [3.63, 3.8) is 0 Å². The first-order valence-corrected chi connectivity index (χ1v) is 10.4. The second-order valence-electron chi connectivity index (χ2n) is 6.17. The number of carbonyl (C=O) groups excluding carboxylic acids is 1. The predicted molar refractivity (Wildman–Crippen MR) is 93.3 cm³/mol. The molecule has 0 spiro atoms. The van der Waals surface area contributed by atoms with Crippen LogP contribution in [0.3, 0.4) is 0 Å². The van der Waals surface area contributed by atoms with E-state index in [1.807, 2.05) is 13.8 Å². The number of aryl methyl sites for hydroxylation is 2. The average molecular weight is 360 g/mol. The molecule has 6 nitrogen and oxygen atoms in total. The van der Waals surface area contributed by atoms with Gasteiger partial charge in [-0.3, -0.25) is 0 Å². The van der Waals surface area contributed by atoms with E-state index >= 15 is 0 Å². The van der Waals surface area contributed by atoms with E-state index in [1.165, 1.54) is 20.3 Å². The summed E-state index contributed by atoms with van der Waals surface area (Å²) in [7, 11) is -3.20. The first kappa shape index (κ1) is 18.2. The number of nitrogens with zero attached hydrogens (tertiary/aromatic N) is 1. The molecule has 0 aromatic carbocycles. The summed E-state index contributed by atoms with van der Waals surface area (Å²) in [6.07, 6.45) is 2.76. The fraction of sp³-hybridized carbons (Fsp3) is 0.667. The monoisotopic (exact) mass is 359 g/mol. The van der Waals surface area contributed by atoms with Gasteiger partial charge in [0.2, 0.25) is 10.0 Å². The lowest BCUT2D eigenvalue weighted by atomic mass is 10.1. The van der Waals surface area contributed by atoms with Crippen LogP contribution < -0.4 is 10.6 Å². The first-order valence-electron chi connectivity index (χ1n) is 7.76. The molecule has 2 N–H and O–H groups in total. The number of nitrogens with one attached hydrogen (secondary N) is 2. The highest BCUT2D eigenvalue weighted by Gasteiger charge is 2.27. The van der Waals surface area contributed by atoms with E-state index < -0.39 is 10.0 Å². The highest BCUT2D eigenvalue weighted by atomic mass is 32.2. The largest absolute Gasteiger partial charge is 0.334 e. The molecule has 23 heavy (non-hydrogen) atoms. The van der Waals surface area contributed by atoms with Gasteiger partial charge in [0.25, 0.3) is 0 Å². The number of urea groups is 1. The summed E-state index contributed by atoms with van der Waals surface area (Å²) in [5.74, 6) is 0. The molecular weight excluding hydrogens is 334 g/mol. The Morgan fingerprint density at radius 1 is 1.43 bits per heavy atom. The molecule has 1 aromatic heterocycles. The highest BCUT2D eigenvalue weighted by molar-refractivity contribution is 7.88. The Kier molecular flexibility index (Phi) is 5.70. The molecule has 1 saturated heterocycles. The van der Waals surface area contributed by atoms with Crippen molar-refractivity contribution in [3.05, 3.63) is 21.4 Å². The minimum atomic E-state index is -3.20. The van der Waals surface area contributed by atoms with Gasteiger partial charge < -0.3 is 10.6 Å². The van der Waals surface area contributed by atoms with E-state index in [4.69, 9.17) is 0 Å². The standard InChI is InChI=1S/C15H25N3O3S2/c1-10-8-14(12(3)22-10)11(2)16-15(19)17-13-6-5-7-18(9-13)23(4,20)21/h8,11,13H,5-7,9H2,1-4H3,(H2,16,17,19). The lowest BCUT2D eigenvalue weighted by molar-refractivity contribution is 0.223. The molecule has 1 aliphatic heterocycles. The summed E-state index contributed by atoms with van der Waals surface area (Å²) in [6.45, 7) is 6.93. The van der Waals surface area contributed by atoms with Crippen LogP contribution in [0.15, 0.2) is 6.07 Å². The molecule has 8 heteroatoms. The number of hydrogen-bond donors (Lipinski definition) is 2. The van der Waals surface area contributed by atoms with Crippen LogP contribution in [-0.2, 0) is 10.0 Å². The van der Waals surface area contributed by atoms with Crippen LogP contribution in [0.4, 0.5) is 4.79 Å². The maximum absolute atomic E-state index is 12.2. The lowest BCUT2D eigenvalue weighted by Crippen LogP contribution is -2.51. The van der Waals surface area contributed by atoms with Gasteiger partial charge in [-0.05, 0) is 45.2 Å². The van der Waals surface area contributed by atoms with Crippen LogP contribution in [0.5, 0.6) is 0 Å². The molecule has 2 atom stereocenters. The van der Waals surface area contributed by atoms with Crippen molar-refractivity contribution in [2.75, 3.05) is 19.3 Å².